The van der Waals surface area contributed by atoms with Crippen molar-refractivity contribution in [3.63, 3.8) is 0 Å². The number of carboxylic acids is 1. The maximum Gasteiger partial charge on any atom is 0.307 e. The Kier molecular flexibility index (Phi) is 3.57. The molecule has 1 aromatic heterocycles. The van der Waals surface area contributed by atoms with E-state index in [9.17, 15) is 4.79 Å². The molecule has 0 saturated carbocycles. The molecular formula is C15H10Cl2N2O2. The Bertz CT molecular complexity index is 843. The van der Waals surface area contributed by atoms with Gasteiger partial charge in [0.1, 0.15) is 5.82 Å². The van der Waals surface area contributed by atoms with Gasteiger partial charge in [-0.3, -0.25) is 4.79 Å². The smallest absolute Gasteiger partial charge is 0.307 e. The van der Waals surface area contributed by atoms with Crippen LogP contribution in [0, 0.1) is 0 Å². The van der Waals surface area contributed by atoms with Crippen LogP contribution in [0.3, 0.4) is 0 Å². The Morgan fingerprint density at radius 2 is 1.95 bits per heavy atom. The van der Waals surface area contributed by atoms with E-state index in [1.807, 2.05) is 6.07 Å². The number of nitrogens with one attached hydrogen (secondary N) is 1. The van der Waals surface area contributed by atoms with Gasteiger partial charge in [0.05, 0.1) is 27.5 Å². The van der Waals surface area contributed by atoms with E-state index in [1.165, 1.54) is 0 Å². The number of imidazole rings is 1. The molecule has 6 heteroatoms. The van der Waals surface area contributed by atoms with Crippen LogP contribution in [0.2, 0.25) is 10.0 Å². The fraction of sp³-hybridized carbons (Fsp3) is 0.0667. The molecule has 4 nitrogen and oxygen atoms in total. The summed E-state index contributed by atoms with van der Waals surface area (Å²) in [5, 5.41) is 9.77. The van der Waals surface area contributed by atoms with Crippen LogP contribution in [0.25, 0.3) is 22.4 Å². The van der Waals surface area contributed by atoms with E-state index < -0.39 is 5.97 Å². The fourth-order valence-corrected chi connectivity index (χ4v) is 2.42. The number of rotatable bonds is 3. The van der Waals surface area contributed by atoms with Crippen LogP contribution >= 0.6 is 23.2 Å². The minimum Gasteiger partial charge on any atom is -0.481 e. The molecule has 0 atom stereocenters. The van der Waals surface area contributed by atoms with E-state index in [2.05, 4.69) is 9.97 Å². The maximum absolute atomic E-state index is 10.7. The standard InChI is InChI=1S/C15H10Cl2N2O2/c16-10-3-2-9(7-11(10)17)15-18-12-4-1-8(6-14(20)21)5-13(12)19-15/h1-5,7H,6H2,(H,18,19)(H,20,21). The number of hydrogen-bond acceptors (Lipinski definition) is 2. The molecule has 2 N–H and O–H groups in total. The van der Waals surface area contributed by atoms with Crippen molar-refractivity contribution in [2.45, 2.75) is 6.42 Å². The first kappa shape index (κ1) is 13.9. The van der Waals surface area contributed by atoms with Crippen LogP contribution in [-0.4, -0.2) is 21.0 Å². The lowest BCUT2D eigenvalue weighted by atomic mass is 10.1. The summed E-state index contributed by atoms with van der Waals surface area (Å²) in [5.74, 6) is -0.199. The first-order valence-corrected chi connectivity index (χ1v) is 6.94. The molecule has 0 saturated heterocycles. The Morgan fingerprint density at radius 3 is 2.67 bits per heavy atom. The summed E-state index contributed by atoms with van der Waals surface area (Å²) in [6.45, 7) is 0. The predicted molar refractivity (Wildman–Crippen MR) is 82.9 cm³/mol. The van der Waals surface area contributed by atoms with Gasteiger partial charge < -0.3 is 10.1 Å². The van der Waals surface area contributed by atoms with E-state index in [-0.39, 0.29) is 6.42 Å². The van der Waals surface area contributed by atoms with E-state index in [1.54, 1.807) is 30.3 Å². The molecule has 0 aliphatic heterocycles. The summed E-state index contributed by atoms with van der Waals surface area (Å²) in [6, 6.07) is 10.6. The molecule has 0 amide bonds. The van der Waals surface area contributed by atoms with Gasteiger partial charge in [-0.05, 0) is 35.9 Å². The number of benzene rings is 2. The number of fused-ring (bicyclic) bond motifs is 1. The van der Waals surface area contributed by atoms with Gasteiger partial charge in [-0.1, -0.05) is 29.3 Å². The summed E-state index contributed by atoms with van der Waals surface area (Å²) in [6.07, 6.45) is -0.0168. The number of aliphatic carboxylic acids is 1. The summed E-state index contributed by atoms with van der Waals surface area (Å²) >= 11 is 11.9. The van der Waals surface area contributed by atoms with Crippen molar-refractivity contribution in [3.05, 3.63) is 52.0 Å². The average molecular weight is 321 g/mol. The molecule has 0 aliphatic carbocycles. The van der Waals surface area contributed by atoms with Gasteiger partial charge in [-0.2, -0.15) is 0 Å². The van der Waals surface area contributed by atoms with Gasteiger partial charge in [-0.15, -0.1) is 0 Å². The number of aromatic nitrogens is 2. The second-order valence-corrected chi connectivity index (χ2v) is 5.45. The number of halogens is 2. The SMILES string of the molecule is O=C(O)Cc1ccc2nc(-c3ccc(Cl)c(Cl)c3)[nH]c2c1. The molecule has 1 heterocycles. The number of nitrogens with zero attached hydrogens (tertiary/aromatic N) is 1. The van der Waals surface area contributed by atoms with Gasteiger partial charge in [0.25, 0.3) is 0 Å². The van der Waals surface area contributed by atoms with Crippen molar-refractivity contribution < 1.29 is 9.90 Å². The van der Waals surface area contributed by atoms with Gasteiger partial charge in [0.2, 0.25) is 0 Å². The molecule has 2 aromatic carbocycles. The largest absolute Gasteiger partial charge is 0.481 e. The number of hydrogen-bond donors (Lipinski definition) is 2. The van der Waals surface area contributed by atoms with E-state index >= 15 is 0 Å². The molecule has 0 radical (unpaired) electrons. The molecule has 0 fully saturated rings. The summed E-state index contributed by atoms with van der Waals surface area (Å²) < 4.78 is 0. The highest BCUT2D eigenvalue weighted by Crippen LogP contribution is 2.28. The van der Waals surface area contributed by atoms with Crippen molar-refractivity contribution in [3.8, 4) is 11.4 Å². The third-order valence-corrected chi connectivity index (χ3v) is 3.83. The highest BCUT2D eigenvalue weighted by atomic mass is 35.5. The van der Waals surface area contributed by atoms with Gasteiger partial charge in [-0.25, -0.2) is 4.98 Å². The predicted octanol–water partition coefficient (Wildman–Crippen LogP) is 4.16. The topological polar surface area (TPSA) is 66.0 Å². The molecule has 3 rings (SSSR count). The lowest BCUT2D eigenvalue weighted by Crippen LogP contribution is -1.99. The van der Waals surface area contributed by atoms with Crippen molar-refractivity contribution in [2.24, 2.45) is 0 Å². The lowest BCUT2D eigenvalue weighted by Gasteiger charge is -1.99. The molecule has 0 spiro atoms. The van der Waals surface area contributed by atoms with E-state index in [0.717, 1.165) is 22.2 Å². The second-order valence-electron chi connectivity index (χ2n) is 4.64. The molecule has 3 aromatic rings. The van der Waals surface area contributed by atoms with Gasteiger partial charge in [0, 0.05) is 5.56 Å². The van der Waals surface area contributed by atoms with Crippen molar-refractivity contribution in [2.75, 3.05) is 0 Å². The summed E-state index contributed by atoms with van der Waals surface area (Å²) in [7, 11) is 0. The molecular weight excluding hydrogens is 311 g/mol. The minimum absolute atomic E-state index is 0.0168. The number of aromatic amines is 1. The van der Waals surface area contributed by atoms with Crippen molar-refractivity contribution >= 4 is 40.2 Å². The quantitative estimate of drug-likeness (QED) is 0.761. The normalized spacial score (nSPS) is 11.0. The van der Waals surface area contributed by atoms with Crippen LogP contribution in [0.15, 0.2) is 36.4 Å². The zero-order valence-corrected chi connectivity index (χ0v) is 12.2. The third-order valence-electron chi connectivity index (χ3n) is 3.09. The third kappa shape index (κ3) is 2.86. The average Bonchev–Trinajstić information content (AvgIpc) is 2.84. The molecule has 0 bridgehead atoms. The molecule has 21 heavy (non-hydrogen) atoms. The highest BCUT2D eigenvalue weighted by Gasteiger charge is 2.09. The van der Waals surface area contributed by atoms with E-state index in [4.69, 9.17) is 28.3 Å². The van der Waals surface area contributed by atoms with Crippen LogP contribution in [-0.2, 0) is 11.2 Å². The van der Waals surface area contributed by atoms with Crippen LogP contribution in [0.1, 0.15) is 5.56 Å². The number of carboxylic acid groups (broad SMARTS) is 1. The van der Waals surface area contributed by atoms with E-state index in [0.29, 0.717) is 15.9 Å². The van der Waals surface area contributed by atoms with Crippen LogP contribution in [0.5, 0.6) is 0 Å². The zero-order valence-electron chi connectivity index (χ0n) is 10.7. The Labute approximate surface area is 130 Å². The Morgan fingerprint density at radius 1 is 1.14 bits per heavy atom. The first-order chi connectivity index (χ1) is 10.0. The highest BCUT2D eigenvalue weighted by molar-refractivity contribution is 6.42. The van der Waals surface area contributed by atoms with Crippen LogP contribution in [0.4, 0.5) is 0 Å². The molecule has 0 unspecified atom stereocenters. The second kappa shape index (κ2) is 5.39. The van der Waals surface area contributed by atoms with Crippen molar-refractivity contribution in [1.82, 2.24) is 9.97 Å². The van der Waals surface area contributed by atoms with Gasteiger partial charge >= 0.3 is 5.97 Å². The Hall–Kier alpha value is -2.04. The summed E-state index contributed by atoms with van der Waals surface area (Å²) in [4.78, 5) is 18.4. The van der Waals surface area contributed by atoms with Crippen molar-refractivity contribution in [1.29, 1.82) is 0 Å². The number of H-pyrrole nitrogens is 1. The van der Waals surface area contributed by atoms with Gasteiger partial charge in [0.15, 0.2) is 0 Å². The minimum atomic E-state index is -0.862. The molecule has 0 aliphatic rings. The first-order valence-electron chi connectivity index (χ1n) is 6.19. The fourth-order valence-electron chi connectivity index (χ4n) is 2.12. The Balaban J connectivity index is 2.04. The number of carbonyl (C=O) groups is 1. The summed E-state index contributed by atoms with van der Waals surface area (Å²) in [5.41, 5.74) is 3.10. The van der Waals surface area contributed by atoms with Crippen LogP contribution < -0.4 is 0 Å². The lowest BCUT2D eigenvalue weighted by molar-refractivity contribution is -0.136. The zero-order chi connectivity index (χ0) is 15.0. The maximum atomic E-state index is 10.7. The molecule has 106 valence electrons. The monoisotopic (exact) mass is 320 g/mol.